The summed E-state index contributed by atoms with van der Waals surface area (Å²) in [5.74, 6) is -2.18. The van der Waals surface area contributed by atoms with Crippen LogP contribution in [0, 0.1) is 0 Å². The van der Waals surface area contributed by atoms with E-state index in [9.17, 15) is 9.90 Å². The molecule has 0 saturated carbocycles. The molecule has 11 heavy (non-hydrogen) atoms. The molecule has 0 fully saturated rings. The molecule has 1 heterocycles. The fraction of sp³-hybridized carbons (Fsp3) is 0.400. The minimum absolute atomic E-state index is 0.300. The molecular weight excluding hydrogens is 348 g/mol. The van der Waals surface area contributed by atoms with Gasteiger partial charge in [-0.3, -0.25) is 0 Å². The first-order valence-electron chi connectivity index (χ1n) is 2.58. The van der Waals surface area contributed by atoms with Crippen molar-refractivity contribution in [2.75, 3.05) is 0 Å². The summed E-state index contributed by atoms with van der Waals surface area (Å²) < 4.78 is 4.38. The Morgan fingerprint density at radius 3 is 2.36 bits per heavy atom. The fourth-order valence-electron chi connectivity index (χ4n) is 0.587. The lowest BCUT2D eigenvalue weighted by Crippen LogP contribution is -2.36. The molecule has 1 aliphatic rings. The van der Waals surface area contributed by atoms with Gasteiger partial charge in [-0.15, -0.1) is 0 Å². The van der Waals surface area contributed by atoms with Crippen molar-refractivity contribution in [2.24, 2.45) is 0 Å². The number of rotatable bonds is 1. The van der Waals surface area contributed by atoms with Crippen LogP contribution in [0.1, 0.15) is 0 Å². The fourth-order valence-corrected chi connectivity index (χ4v) is 2.38. The lowest BCUT2D eigenvalue weighted by Gasteiger charge is -2.23. The summed E-state index contributed by atoms with van der Waals surface area (Å²) in [5, 5.41) is 9.56. The number of esters is 1. The van der Waals surface area contributed by atoms with E-state index in [1.54, 1.807) is 0 Å². The van der Waals surface area contributed by atoms with Gasteiger partial charge >= 0.3 is 5.97 Å². The number of alkyl halides is 2. The van der Waals surface area contributed by atoms with E-state index in [0.29, 0.717) is 4.48 Å². The minimum atomic E-state index is -1.61. The summed E-state index contributed by atoms with van der Waals surface area (Å²) in [6.45, 7) is 0. The van der Waals surface area contributed by atoms with Crippen LogP contribution in [0.4, 0.5) is 0 Å². The molecule has 6 heteroatoms. The van der Waals surface area contributed by atoms with E-state index in [1.807, 2.05) is 0 Å². The van der Waals surface area contributed by atoms with Crippen molar-refractivity contribution < 1.29 is 14.6 Å². The van der Waals surface area contributed by atoms with Crippen LogP contribution in [0.2, 0.25) is 0 Å². The van der Waals surface area contributed by atoms with E-state index >= 15 is 0 Å². The van der Waals surface area contributed by atoms with Crippen molar-refractivity contribution in [1.82, 2.24) is 0 Å². The molecule has 0 radical (unpaired) electrons. The highest BCUT2D eigenvalue weighted by Crippen LogP contribution is 2.38. The molecule has 0 aromatic carbocycles. The Morgan fingerprint density at radius 1 is 1.64 bits per heavy atom. The maximum absolute atomic E-state index is 10.6. The highest BCUT2D eigenvalue weighted by Gasteiger charge is 2.45. The number of halogens is 3. The third-order valence-electron chi connectivity index (χ3n) is 1.14. The summed E-state index contributed by atoms with van der Waals surface area (Å²) in [6.07, 6.45) is 1.18. The Kier molecular flexibility index (Phi) is 2.79. The van der Waals surface area contributed by atoms with Gasteiger partial charge in [0.05, 0.1) is 4.48 Å². The summed E-state index contributed by atoms with van der Waals surface area (Å²) in [6, 6.07) is 0. The first-order valence-corrected chi connectivity index (χ1v) is 5.20. The highest BCUT2D eigenvalue weighted by molar-refractivity contribution is 9.24. The molecule has 62 valence electrons. The molecule has 1 N–H and O–H groups in total. The quantitative estimate of drug-likeness (QED) is 0.577. The SMILES string of the molecule is O=C1C=C(Br)C(O)(C(Br)Br)O1. The van der Waals surface area contributed by atoms with Gasteiger partial charge in [-0.25, -0.2) is 4.79 Å². The number of carbonyl (C=O) groups is 1. The molecule has 0 saturated heterocycles. The Bertz CT molecular complexity index is 225. The van der Waals surface area contributed by atoms with Crippen molar-refractivity contribution >= 4 is 53.8 Å². The number of hydrogen-bond acceptors (Lipinski definition) is 3. The van der Waals surface area contributed by atoms with Crippen molar-refractivity contribution in [1.29, 1.82) is 0 Å². The van der Waals surface area contributed by atoms with Crippen LogP contribution in [0.3, 0.4) is 0 Å². The van der Waals surface area contributed by atoms with Crippen molar-refractivity contribution in [3.05, 3.63) is 10.6 Å². The second-order valence-electron chi connectivity index (χ2n) is 1.91. The molecule has 0 bridgehead atoms. The van der Waals surface area contributed by atoms with E-state index < -0.39 is 15.5 Å². The Morgan fingerprint density at radius 2 is 2.18 bits per heavy atom. The highest BCUT2D eigenvalue weighted by atomic mass is 79.9. The maximum Gasteiger partial charge on any atom is 0.334 e. The zero-order valence-electron chi connectivity index (χ0n) is 5.05. The smallest absolute Gasteiger partial charge is 0.334 e. The Labute approximate surface area is 88.2 Å². The van der Waals surface area contributed by atoms with Gasteiger partial charge in [0.2, 0.25) is 0 Å². The van der Waals surface area contributed by atoms with Crippen LogP contribution in [-0.2, 0) is 9.53 Å². The monoisotopic (exact) mass is 348 g/mol. The summed E-state index contributed by atoms with van der Waals surface area (Å²) in [5.41, 5.74) is 0. The first kappa shape index (κ1) is 9.70. The van der Waals surface area contributed by atoms with E-state index in [4.69, 9.17) is 0 Å². The Hall–Kier alpha value is 0.610. The van der Waals surface area contributed by atoms with Gasteiger partial charge in [0.25, 0.3) is 5.79 Å². The molecule has 0 spiro atoms. The van der Waals surface area contributed by atoms with Gasteiger partial charge in [0.15, 0.2) is 0 Å². The van der Waals surface area contributed by atoms with Crippen LogP contribution < -0.4 is 0 Å². The van der Waals surface area contributed by atoms with E-state index in [2.05, 4.69) is 52.5 Å². The zero-order valence-corrected chi connectivity index (χ0v) is 9.81. The van der Waals surface area contributed by atoms with Gasteiger partial charge in [-0.05, 0) is 15.9 Å². The molecule has 1 atom stereocenters. The molecule has 3 nitrogen and oxygen atoms in total. The third-order valence-corrected chi connectivity index (χ3v) is 3.18. The van der Waals surface area contributed by atoms with Gasteiger partial charge in [0.1, 0.15) is 3.74 Å². The number of hydrogen-bond donors (Lipinski definition) is 1. The topological polar surface area (TPSA) is 46.5 Å². The van der Waals surface area contributed by atoms with Crippen LogP contribution in [0.15, 0.2) is 10.6 Å². The largest absolute Gasteiger partial charge is 0.423 e. The van der Waals surface area contributed by atoms with Crippen molar-refractivity contribution in [3.8, 4) is 0 Å². The van der Waals surface area contributed by atoms with Gasteiger partial charge in [0, 0.05) is 6.08 Å². The molecule has 1 aliphatic heterocycles. The van der Waals surface area contributed by atoms with E-state index in [-0.39, 0.29) is 0 Å². The zero-order chi connectivity index (χ0) is 8.65. The molecule has 0 aromatic heterocycles. The number of aliphatic hydroxyl groups is 1. The van der Waals surface area contributed by atoms with Crippen molar-refractivity contribution in [3.63, 3.8) is 0 Å². The van der Waals surface area contributed by atoms with Crippen LogP contribution in [0.25, 0.3) is 0 Å². The standard InChI is InChI=1S/C5H3Br3O3/c6-2-1-3(9)11-5(2,10)4(7)8/h1,4,10H. The molecule has 1 unspecified atom stereocenters. The lowest BCUT2D eigenvalue weighted by atomic mass is 10.3. The predicted molar refractivity (Wildman–Crippen MR) is 49.7 cm³/mol. The third kappa shape index (κ3) is 1.68. The second kappa shape index (κ2) is 3.16. The average molecular weight is 351 g/mol. The lowest BCUT2D eigenvalue weighted by molar-refractivity contribution is -0.172. The maximum atomic E-state index is 10.6. The number of cyclic esters (lactones) is 1. The minimum Gasteiger partial charge on any atom is -0.423 e. The molecule has 0 aromatic rings. The van der Waals surface area contributed by atoms with E-state index in [1.165, 1.54) is 6.08 Å². The molecule has 0 aliphatic carbocycles. The van der Waals surface area contributed by atoms with E-state index in [0.717, 1.165) is 0 Å². The second-order valence-corrected chi connectivity index (χ2v) is 5.82. The predicted octanol–water partition coefficient (Wildman–Crippen LogP) is 1.63. The summed E-state index contributed by atoms with van der Waals surface area (Å²) in [7, 11) is 0. The van der Waals surface area contributed by atoms with Gasteiger partial charge in [-0.2, -0.15) is 0 Å². The van der Waals surface area contributed by atoms with Crippen molar-refractivity contribution in [2.45, 2.75) is 9.52 Å². The summed E-state index contributed by atoms with van der Waals surface area (Å²) in [4.78, 5) is 10.6. The van der Waals surface area contributed by atoms with Gasteiger partial charge < -0.3 is 9.84 Å². The average Bonchev–Trinajstić information content (AvgIpc) is 2.08. The number of ether oxygens (including phenoxy) is 1. The normalized spacial score (nSPS) is 30.6. The van der Waals surface area contributed by atoms with Crippen LogP contribution in [0.5, 0.6) is 0 Å². The number of carbonyl (C=O) groups excluding carboxylic acids is 1. The summed E-state index contributed by atoms with van der Waals surface area (Å²) >= 11 is 9.09. The van der Waals surface area contributed by atoms with Gasteiger partial charge in [-0.1, -0.05) is 31.9 Å². The molecule has 1 rings (SSSR count). The van der Waals surface area contributed by atoms with Crippen LogP contribution >= 0.6 is 47.8 Å². The van der Waals surface area contributed by atoms with Crippen LogP contribution in [-0.4, -0.2) is 20.6 Å². The molecular formula is C5H3Br3O3. The first-order chi connectivity index (χ1) is 4.97. The molecule has 0 amide bonds. The Balaban J connectivity index is 2.92.